The molecule has 0 radical (unpaired) electrons. The Labute approximate surface area is 262 Å². The van der Waals surface area contributed by atoms with E-state index in [2.05, 4.69) is 13.8 Å². The van der Waals surface area contributed by atoms with Gasteiger partial charge < -0.3 is 24.8 Å². The van der Waals surface area contributed by atoms with E-state index in [1.54, 1.807) is 23.9 Å². The summed E-state index contributed by atoms with van der Waals surface area (Å²) in [4.78, 5) is 27.0. The number of benzene rings is 2. The fraction of sp³-hybridized carbons (Fsp3) is 0.500. The van der Waals surface area contributed by atoms with Gasteiger partial charge in [0.25, 0.3) is 0 Å². The van der Waals surface area contributed by atoms with Gasteiger partial charge in [-0.15, -0.1) is 11.8 Å². The Hall–Kier alpha value is -2.59. The van der Waals surface area contributed by atoms with Crippen LogP contribution in [0.4, 0.5) is 0 Å². The van der Waals surface area contributed by atoms with E-state index in [1.165, 1.54) is 0 Å². The zero-order valence-corrected chi connectivity index (χ0v) is 26.0. The largest absolute Gasteiger partial charge is 0.393 e. The van der Waals surface area contributed by atoms with E-state index >= 15 is 0 Å². The molecule has 44 heavy (non-hydrogen) atoms. The number of hydrogen-bond acceptors (Lipinski definition) is 8. The fourth-order valence-corrected chi connectivity index (χ4v) is 10.4. The van der Waals surface area contributed by atoms with Crippen LogP contribution in [0.25, 0.3) is 0 Å². The topological polar surface area (TPSA) is 113 Å². The molecule has 1 heterocycles. The summed E-state index contributed by atoms with van der Waals surface area (Å²) in [7, 11) is 0. The van der Waals surface area contributed by atoms with Crippen LogP contribution in [0.1, 0.15) is 62.5 Å². The number of aliphatic hydroxyl groups excluding tert-OH is 3. The number of rotatable bonds is 7. The number of carbonyl (C=O) groups excluding carboxylic acids is 2. The summed E-state index contributed by atoms with van der Waals surface area (Å²) in [6, 6.07) is 15.9. The average Bonchev–Trinajstić information content (AvgIpc) is 3.53. The number of Topliss-reactive ketones (excluding diaryl/α,β-unsaturated/α-hetero) is 1. The van der Waals surface area contributed by atoms with Crippen molar-refractivity contribution in [1.82, 2.24) is 0 Å². The Kier molecular flexibility index (Phi) is 7.55. The minimum absolute atomic E-state index is 0.00116. The Morgan fingerprint density at radius 2 is 1.86 bits per heavy atom. The highest BCUT2D eigenvalue weighted by molar-refractivity contribution is 7.98. The van der Waals surface area contributed by atoms with E-state index in [1.807, 2.05) is 54.6 Å². The van der Waals surface area contributed by atoms with Gasteiger partial charge >= 0.3 is 0 Å². The van der Waals surface area contributed by atoms with Gasteiger partial charge in [-0.25, -0.2) is 0 Å². The Bertz CT molecular complexity index is 1530. The summed E-state index contributed by atoms with van der Waals surface area (Å²) in [6.07, 6.45) is 5.94. The summed E-state index contributed by atoms with van der Waals surface area (Å²) < 4.78 is 13.3. The molecule has 2 aromatic carbocycles. The highest BCUT2D eigenvalue weighted by Gasteiger charge is 2.75. The molecule has 5 aliphatic rings. The maximum absolute atomic E-state index is 13.8. The summed E-state index contributed by atoms with van der Waals surface area (Å²) in [5.41, 5.74) is 1.43. The summed E-state index contributed by atoms with van der Waals surface area (Å²) in [5, 5.41) is 31.5. The Morgan fingerprint density at radius 3 is 2.61 bits per heavy atom. The third-order valence-electron chi connectivity index (χ3n) is 11.5. The third-order valence-corrected chi connectivity index (χ3v) is 12.6. The van der Waals surface area contributed by atoms with E-state index in [-0.39, 0.29) is 35.9 Å². The average molecular weight is 617 g/mol. The van der Waals surface area contributed by atoms with Crippen molar-refractivity contribution in [3.8, 4) is 0 Å². The van der Waals surface area contributed by atoms with E-state index < -0.39 is 41.5 Å². The third kappa shape index (κ3) is 4.44. The van der Waals surface area contributed by atoms with Crippen molar-refractivity contribution in [3.63, 3.8) is 0 Å². The minimum atomic E-state index is -1.36. The first-order valence-electron chi connectivity index (χ1n) is 15.6. The molecule has 0 bridgehead atoms. The monoisotopic (exact) mass is 616 g/mol. The van der Waals surface area contributed by atoms with Crippen molar-refractivity contribution in [2.75, 3.05) is 6.61 Å². The molecule has 9 atom stereocenters. The number of fused-ring (bicyclic) bond motifs is 7. The molecule has 4 fully saturated rings. The van der Waals surface area contributed by atoms with Crippen LogP contribution in [-0.2, 0) is 31.4 Å². The number of ketones is 2. The number of carbonyl (C=O) groups is 2. The molecule has 4 aliphatic carbocycles. The molecule has 0 spiro atoms. The number of thioether (sulfide) groups is 1. The predicted molar refractivity (Wildman–Crippen MR) is 165 cm³/mol. The number of ether oxygens (including phenoxy) is 2. The van der Waals surface area contributed by atoms with Gasteiger partial charge in [-0.2, -0.15) is 0 Å². The van der Waals surface area contributed by atoms with E-state index in [0.717, 1.165) is 45.8 Å². The lowest BCUT2D eigenvalue weighted by Crippen LogP contribution is -2.63. The van der Waals surface area contributed by atoms with E-state index in [4.69, 9.17) is 9.47 Å². The first-order chi connectivity index (χ1) is 21.1. The van der Waals surface area contributed by atoms with Gasteiger partial charge in [0.15, 0.2) is 23.5 Å². The lowest BCUT2D eigenvalue weighted by molar-refractivity contribution is -0.201. The fourth-order valence-electron chi connectivity index (χ4n) is 9.54. The van der Waals surface area contributed by atoms with Crippen molar-refractivity contribution in [2.45, 2.75) is 80.9 Å². The minimum Gasteiger partial charge on any atom is -0.393 e. The van der Waals surface area contributed by atoms with E-state index in [9.17, 15) is 24.9 Å². The quantitative estimate of drug-likeness (QED) is 0.370. The highest BCUT2D eigenvalue weighted by Crippen LogP contribution is 2.70. The van der Waals surface area contributed by atoms with Crippen LogP contribution in [0.3, 0.4) is 0 Å². The standard InChI is InChI=1S/C36H40O7S/c1-34-13-12-25(39)15-24(34)8-11-27-28-16-31-36(30(41)19-38,35(28,2)17-29(40)32(27)34)43-33(42-31)23-6-9-26(10-7-23)44-20-22-5-3-4-21(14-22)18-37/h3-7,9-10,12-15,27-29,31-33,37-38,40H,8,11,16-20H2,1-2H3/t27-,28-,29-,31+,32+,33+,34-,35-,36+/m0/s1. The number of allylic oxidation sites excluding steroid dienone is 4. The van der Waals surface area contributed by atoms with Crippen LogP contribution in [0.5, 0.6) is 0 Å². The number of hydrogen-bond donors (Lipinski definition) is 3. The lowest BCUT2D eigenvalue weighted by Gasteiger charge is -2.59. The maximum Gasteiger partial charge on any atom is 0.193 e. The van der Waals surface area contributed by atoms with Gasteiger partial charge in [0, 0.05) is 33.0 Å². The summed E-state index contributed by atoms with van der Waals surface area (Å²) in [5.74, 6) is 0.497. The SMILES string of the molecule is C[C@]12C=CC(=O)C=C1CC[C@@H]1[C@@H]2[C@@H](O)C[C@@]2(C)[C@H]1C[C@H]1O[C@@H](c3ccc(SCc4cccc(CO)c4)cc3)O[C@]12C(=O)CO. The van der Waals surface area contributed by atoms with Crippen molar-refractivity contribution in [3.05, 3.63) is 89.0 Å². The first-order valence-corrected chi connectivity index (χ1v) is 16.6. The molecule has 0 amide bonds. The zero-order chi connectivity index (χ0) is 30.9. The van der Waals surface area contributed by atoms with Gasteiger partial charge in [0.1, 0.15) is 6.61 Å². The molecule has 1 saturated heterocycles. The molecular formula is C36H40O7S. The molecule has 0 unspecified atom stereocenters. The second-order valence-electron chi connectivity index (χ2n) is 13.7. The molecule has 7 rings (SSSR count). The van der Waals surface area contributed by atoms with Crippen LogP contribution >= 0.6 is 11.8 Å². The van der Waals surface area contributed by atoms with Crippen LogP contribution in [0.15, 0.2) is 77.2 Å². The van der Waals surface area contributed by atoms with Crippen molar-refractivity contribution in [2.24, 2.45) is 28.6 Å². The van der Waals surface area contributed by atoms with E-state index in [0.29, 0.717) is 12.8 Å². The van der Waals surface area contributed by atoms with Gasteiger partial charge in [-0.05, 0) is 72.9 Å². The molecule has 0 aromatic heterocycles. The predicted octanol–water partition coefficient (Wildman–Crippen LogP) is 5.07. The summed E-state index contributed by atoms with van der Waals surface area (Å²) >= 11 is 1.70. The van der Waals surface area contributed by atoms with Gasteiger partial charge in [-0.1, -0.05) is 61.9 Å². The molecule has 3 saturated carbocycles. The zero-order valence-electron chi connectivity index (χ0n) is 25.1. The summed E-state index contributed by atoms with van der Waals surface area (Å²) in [6.45, 7) is 3.55. The van der Waals surface area contributed by atoms with Gasteiger partial charge in [-0.3, -0.25) is 9.59 Å². The first kappa shape index (κ1) is 30.1. The molecular weight excluding hydrogens is 576 g/mol. The highest BCUT2D eigenvalue weighted by atomic mass is 32.2. The van der Waals surface area contributed by atoms with Gasteiger partial charge in [0.2, 0.25) is 0 Å². The van der Waals surface area contributed by atoms with Crippen LogP contribution in [0, 0.1) is 28.6 Å². The maximum atomic E-state index is 13.8. The van der Waals surface area contributed by atoms with Crippen LogP contribution in [0.2, 0.25) is 0 Å². The van der Waals surface area contributed by atoms with Crippen molar-refractivity contribution < 1.29 is 34.4 Å². The van der Waals surface area contributed by atoms with Crippen molar-refractivity contribution in [1.29, 1.82) is 0 Å². The number of aliphatic hydroxyl groups is 3. The molecule has 232 valence electrons. The second-order valence-corrected chi connectivity index (χ2v) is 14.7. The molecule has 3 N–H and O–H groups in total. The Balaban J connectivity index is 1.13. The van der Waals surface area contributed by atoms with Gasteiger partial charge in [0.05, 0.1) is 18.8 Å². The smallest absolute Gasteiger partial charge is 0.193 e. The molecule has 7 nitrogen and oxygen atoms in total. The van der Waals surface area contributed by atoms with Crippen LogP contribution < -0.4 is 0 Å². The second kappa shape index (κ2) is 11.0. The Morgan fingerprint density at radius 1 is 1.09 bits per heavy atom. The molecule has 8 heteroatoms. The molecule has 1 aliphatic heterocycles. The molecule has 2 aromatic rings. The van der Waals surface area contributed by atoms with Crippen LogP contribution in [-0.4, -0.2) is 51.3 Å². The van der Waals surface area contributed by atoms with Crippen molar-refractivity contribution >= 4 is 23.3 Å². The normalized spacial score (nSPS) is 38.8. The lowest BCUT2D eigenvalue weighted by atomic mass is 9.46.